The van der Waals surface area contributed by atoms with Crippen molar-refractivity contribution in [1.82, 2.24) is 0 Å². The summed E-state index contributed by atoms with van der Waals surface area (Å²) in [6.07, 6.45) is 0. The predicted octanol–water partition coefficient (Wildman–Crippen LogP) is 1.81. The van der Waals surface area contributed by atoms with Crippen LogP contribution >= 0.6 is 0 Å². The smallest absolute Gasteiger partial charge is 0.330 e. The van der Waals surface area contributed by atoms with Gasteiger partial charge in [0.15, 0.2) is 5.75 Å². The van der Waals surface area contributed by atoms with Gasteiger partial charge in [-0.1, -0.05) is 12.1 Å². The summed E-state index contributed by atoms with van der Waals surface area (Å²) >= 11 is 0. The molecule has 0 atom stereocenters. The summed E-state index contributed by atoms with van der Waals surface area (Å²) in [6, 6.07) is 13.4. The molecule has 0 aliphatic heterocycles. The fourth-order valence-corrected chi connectivity index (χ4v) is 1.80. The highest BCUT2D eigenvalue weighted by molar-refractivity contribution is 5.79. The van der Waals surface area contributed by atoms with Crippen LogP contribution in [0, 0.1) is 0 Å². The molecule has 0 aliphatic carbocycles. The van der Waals surface area contributed by atoms with Crippen molar-refractivity contribution in [3.63, 3.8) is 0 Å². The third kappa shape index (κ3) is 4.68. The van der Waals surface area contributed by atoms with E-state index >= 15 is 0 Å². The van der Waals surface area contributed by atoms with Gasteiger partial charge in [0.25, 0.3) is 0 Å². The second-order valence-electron chi connectivity index (χ2n) is 4.52. The molecule has 116 valence electrons. The van der Waals surface area contributed by atoms with Crippen molar-refractivity contribution in [1.29, 1.82) is 0 Å². The molecule has 4 N–H and O–H groups in total. The highest BCUT2D eigenvalue weighted by Gasteiger charge is 2.08. The summed E-state index contributed by atoms with van der Waals surface area (Å²) < 4.78 is 5.29. The van der Waals surface area contributed by atoms with Crippen molar-refractivity contribution in [3.05, 3.63) is 48.5 Å². The Morgan fingerprint density at radius 3 is 2.50 bits per heavy atom. The van der Waals surface area contributed by atoms with Gasteiger partial charge in [-0.15, -0.1) is 0 Å². The molecule has 0 saturated heterocycles. The van der Waals surface area contributed by atoms with Crippen LogP contribution in [0.5, 0.6) is 11.5 Å². The average Bonchev–Trinajstić information content (AvgIpc) is 2.53. The van der Waals surface area contributed by atoms with Gasteiger partial charge in [-0.25, -0.2) is 4.79 Å². The van der Waals surface area contributed by atoms with Crippen LogP contribution in [0.1, 0.15) is 0 Å². The van der Waals surface area contributed by atoms with Crippen LogP contribution in [-0.2, 0) is 4.79 Å². The number of para-hydroxylation sites is 2. The molecule has 2 rings (SSSR count). The van der Waals surface area contributed by atoms with Gasteiger partial charge < -0.3 is 25.6 Å². The number of rotatable bonds is 7. The number of hydrogen-bond donors (Lipinski definition) is 4. The van der Waals surface area contributed by atoms with Crippen LogP contribution in [-0.4, -0.2) is 35.9 Å². The molecular weight excluding hydrogens is 284 g/mol. The molecule has 6 nitrogen and oxygen atoms in total. The Kier molecular flexibility index (Phi) is 5.62. The molecule has 0 amide bonds. The van der Waals surface area contributed by atoms with Crippen LogP contribution in [0.25, 0.3) is 0 Å². The van der Waals surface area contributed by atoms with E-state index in [1.54, 1.807) is 30.3 Å². The quantitative estimate of drug-likeness (QED) is 0.354. The Labute approximate surface area is 128 Å². The van der Waals surface area contributed by atoms with Gasteiger partial charge in [-0.2, -0.15) is 0 Å². The van der Waals surface area contributed by atoms with E-state index in [0.717, 1.165) is 0 Å². The molecule has 0 fully saturated rings. The highest BCUT2D eigenvalue weighted by atomic mass is 16.5. The van der Waals surface area contributed by atoms with Crippen LogP contribution in [0.3, 0.4) is 0 Å². The summed E-state index contributed by atoms with van der Waals surface area (Å²) in [4.78, 5) is 11.9. The zero-order chi connectivity index (χ0) is 15.8. The normalized spacial score (nSPS) is 10.0. The van der Waals surface area contributed by atoms with E-state index in [1.165, 1.54) is 12.1 Å². The van der Waals surface area contributed by atoms with Crippen molar-refractivity contribution in [2.75, 3.05) is 30.3 Å². The van der Waals surface area contributed by atoms with E-state index in [4.69, 9.17) is 9.84 Å². The van der Waals surface area contributed by atoms with Gasteiger partial charge in [0.05, 0.1) is 12.3 Å². The maximum absolute atomic E-state index is 11.9. The van der Waals surface area contributed by atoms with Crippen molar-refractivity contribution in [2.24, 2.45) is 0 Å². The largest absolute Gasteiger partial charge is 0.508 e. The van der Waals surface area contributed by atoms with E-state index in [-0.39, 0.29) is 18.9 Å². The average molecular weight is 302 g/mol. The topological polar surface area (TPSA) is 90.8 Å². The number of ether oxygens (including phenoxy) is 1. The molecule has 6 heteroatoms. The van der Waals surface area contributed by atoms with Gasteiger partial charge in [0, 0.05) is 12.2 Å². The van der Waals surface area contributed by atoms with Crippen molar-refractivity contribution < 1.29 is 19.7 Å². The number of nitrogens with one attached hydrogen (secondary N) is 2. The minimum absolute atomic E-state index is 0.000883. The number of carbonyl (C=O) groups is 1. The van der Waals surface area contributed by atoms with E-state index in [2.05, 4.69) is 10.6 Å². The Morgan fingerprint density at radius 1 is 1.05 bits per heavy atom. The lowest BCUT2D eigenvalue weighted by Crippen LogP contribution is -2.20. The Bertz CT molecular complexity index is 614. The third-order valence-electron chi connectivity index (χ3n) is 2.84. The number of aromatic hydroxyl groups is 1. The maximum atomic E-state index is 11.9. The van der Waals surface area contributed by atoms with Crippen molar-refractivity contribution >= 4 is 17.3 Å². The molecule has 0 unspecified atom stereocenters. The zero-order valence-corrected chi connectivity index (χ0v) is 12.0. The molecule has 0 spiro atoms. The van der Waals surface area contributed by atoms with Gasteiger partial charge in [-0.3, -0.25) is 0 Å². The lowest BCUT2D eigenvalue weighted by Gasteiger charge is -2.12. The lowest BCUT2D eigenvalue weighted by molar-refractivity contribution is -0.132. The molecule has 0 bridgehead atoms. The number of phenols is 1. The fourth-order valence-electron chi connectivity index (χ4n) is 1.80. The number of esters is 1. The monoisotopic (exact) mass is 302 g/mol. The van der Waals surface area contributed by atoms with Crippen LogP contribution in [0.4, 0.5) is 11.4 Å². The van der Waals surface area contributed by atoms with E-state index in [0.29, 0.717) is 23.7 Å². The molecule has 0 aliphatic rings. The minimum atomic E-state index is -0.439. The number of aliphatic hydroxyl groups excluding tert-OH is 1. The maximum Gasteiger partial charge on any atom is 0.330 e. The number of phenolic OH excluding ortho intramolecular Hbond substituents is 1. The molecule has 0 saturated carbocycles. The Morgan fingerprint density at radius 2 is 1.77 bits per heavy atom. The molecule has 0 aromatic heterocycles. The first-order chi connectivity index (χ1) is 10.7. The molecular formula is C16H18N2O4. The van der Waals surface area contributed by atoms with Crippen LogP contribution in [0.2, 0.25) is 0 Å². The second-order valence-corrected chi connectivity index (χ2v) is 4.52. The zero-order valence-electron chi connectivity index (χ0n) is 12.0. The fraction of sp³-hybridized carbons (Fsp3) is 0.188. The second kappa shape index (κ2) is 7.90. The van der Waals surface area contributed by atoms with Gasteiger partial charge in [-0.05, 0) is 36.4 Å². The van der Waals surface area contributed by atoms with Crippen LogP contribution in [0.15, 0.2) is 48.5 Å². The predicted molar refractivity (Wildman–Crippen MR) is 84.2 cm³/mol. The summed E-state index contributed by atoms with van der Waals surface area (Å²) in [5.41, 5.74) is 1.36. The lowest BCUT2D eigenvalue weighted by atomic mass is 10.3. The first-order valence-corrected chi connectivity index (χ1v) is 6.86. The Balaban J connectivity index is 1.90. The third-order valence-corrected chi connectivity index (χ3v) is 2.84. The van der Waals surface area contributed by atoms with Gasteiger partial charge in [0.2, 0.25) is 0 Å². The number of aliphatic hydroxyl groups is 1. The van der Waals surface area contributed by atoms with Crippen molar-refractivity contribution in [2.45, 2.75) is 0 Å². The van der Waals surface area contributed by atoms with Gasteiger partial charge in [0.1, 0.15) is 12.3 Å². The summed E-state index contributed by atoms with van der Waals surface area (Å²) in [5, 5.41) is 23.9. The minimum Gasteiger partial charge on any atom is -0.508 e. The number of anilines is 2. The Hall–Kier alpha value is -2.73. The summed E-state index contributed by atoms with van der Waals surface area (Å²) in [6.45, 7) is 0.365. The van der Waals surface area contributed by atoms with Gasteiger partial charge >= 0.3 is 5.97 Å². The number of benzene rings is 2. The van der Waals surface area contributed by atoms with Crippen molar-refractivity contribution in [3.8, 4) is 11.5 Å². The van der Waals surface area contributed by atoms with E-state index < -0.39 is 5.97 Å². The number of carbonyl (C=O) groups excluding carboxylic acids is 1. The summed E-state index contributed by atoms with van der Waals surface area (Å²) in [5.74, 6) is 0.136. The molecule has 0 radical (unpaired) electrons. The van der Waals surface area contributed by atoms with E-state index in [1.807, 2.05) is 6.07 Å². The molecule has 2 aromatic rings. The standard InChI is InChI=1S/C16H18N2O4/c19-10-9-17-14-3-1-2-4-15(14)22-16(21)11-18-12-5-7-13(20)8-6-12/h1-8,17-20H,9-11H2. The van der Waals surface area contributed by atoms with E-state index in [9.17, 15) is 9.90 Å². The first-order valence-electron chi connectivity index (χ1n) is 6.86. The summed E-state index contributed by atoms with van der Waals surface area (Å²) in [7, 11) is 0. The first kappa shape index (κ1) is 15.7. The SMILES string of the molecule is O=C(CNc1ccc(O)cc1)Oc1ccccc1NCCO. The highest BCUT2D eigenvalue weighted by Crippen LogP contribution is 2.23. The van der Waals surface area contributed by atoms with Crippen LogP contribution < -0.4 is 15.4 Å². The number of hydrogen-bond acceptors (Lipinski definition) is 6. The molecule has 2 aromatic carbocycles. The molecule has 0 heterocycles. The molecule has 22 heavy (non-hydrogen) atoms.